The molecule has 2 fully saturated rings. The summed E-state index contributed by atoms with van der Waals surface area (Å²) in [5.41, 5.74) is 3.51. The SMILES string of the molecule is CNCCN(C)Cc1nn2c(c1C1CCC(COC)(COC)CC1)CN(C(=O)C1(C)CCOC1)CC2. The number of fused-ring (bicyclic) bond motifs is 1. The second-order valence-corrected chi connectivity index (χ2v) is 11.6. The molecule has 0 bridgehead atoms. The summed E-state index contributed by atoms with van der Waals surface area (Å²) in [5, 5.41) is 8.38. The molecule has 204 valence electrons. The second kappa shape index (κ2) is 11.9. The maximum absolute atomic E-state index is 13.5. The standard InChI is InChI=1S/C27H47N5O4/c1-26(10-15-36-18-26)25(33)31-13-14-32-23(17-31)24(22(29-32)16-30(3)12-11-28-2)21-6-8-27(9-7-21,19-34-4)20-35-5/h21,28H,6-20H2,1-5H3. The number of hydrogen-bond acceptors (Lipinski definition) is 7. The van der Waals surface area contributed by atoms with Crippen LogP contribution in [0.25, 0.3) is 0 Å². The maximum atomic E-state index is 13.5. The fourth-order valence-corrected chi connectivity index (χ4v) is 6.47. The molecule has 3 aliphatic rings. The van der Waals surface area contributed by atoms with Gasteiger partial charge >= 0.3 is 0 Å². The van der Waals surface area contributed by atoms with Gasteiger partial charge < -0.3 is 24.4 Å². The predicted molar refractivity (Wildman–Crippen MR) is 139 cm³/mol. The number of nitrogens with one attached hydrogen (secondary N) is 1. The Balaban J connectivity index is 1.58. The summed E-state index contributed by atoms with van der Waals surface area (Å²) in [6, 6.07) is 0. The molecule has 9 nitrogen and oxygen atoms in total. The number of ether oxygens (including phenoxy) is 3. The number of amides is 1. The predicted octanol–water partition coefficient (Wildman–Crippen LogP) is 2.24. The number of aromatic nitrogens is 2. The molecule has 1 unspecified atom stereocenters. The highest BCUT2D eigenvalue weighted by Gasteiger charge is 2.43. The highest BCUT2D eigenvalue weighted by Crippen LogP contribution is 2.46. The van der Waals surface area contributed by atoms with Crippen LogP contribution in [0, 0.1) is 10.8 Å². The Labute approximate surface area is 216 Å². The van der Waals surface area contributed by atoms with Crippen LogP contribution >= 0.6 is 0 Å². The summed E-state index contributed by atoms with van der Waals surface area (Å²) in [7, 11) is 7.74. The van der Waals surface area contributed by atoms with Gasteiger partial charge in [-0.3, -0.25) is 14.4 Å². The van der Waals surface area contributed by atoms with Crippen molar-refractivity contribution >= 4 is 5.91 Å². The molecule has 3 heterocycles. The molecule has 1 saturated carbocycles. The minimum atomic E-state index is -0.400. The van der Waals surface area contributed by atoms with Crippen LogP contribution in [-0.4, -0.2) is 99.9 Å². The van der Waals surface area contributed by atoms with Crippen LogP contribution in [0.1, 0.15) is 61.9 Å². The van der Waals surface area contributed by atoms with Crippen molar-refractivity contribution < 1.29 is 19.0 Å². The lowest BCUT2D eigenvalue weighted by Gasteiger charge is -2.40. The minimum Gasteiger partial charge on any atom is -0.384 e. The van der Waals surface area contributed by atoms with E-state index in [0.29, 0.717) is 32.2 Å². The lowest BCUT2D eigenvalue weighted by atomic mass is 9.69. The Morgan fingerprint density at radius 2 is 1.92 bits per heavy atom. The van der Waals surface area contributed by atoms with Crippen molar-refractivity contribution in [2.45, 2.75) is 64.6 Å². The highest BCUT2D eigenvalue weighted by molar-refractivity contribution is 5.83. The molecule has 1 amide bonds. The van der Waals surface area contributed by atoms with Crippen molar-refractivity contribution in [2.24, 2.45) is 10.8 Å². The average molecular weight is 506 g/mol. The van der Waals surface area contributed by atoms with E-state index >= 15 is 0 Å². The van der Waals surface area contributed by atoms with E-state index in [2.05, 4.69) is 33.8 Å². The zero-order chi connectivity index (χ0) is 25.8. The summed E-state index contributed by atoms with van der Waals surface area (Å²) < 4.78 is 19.0. The van der Waals surface area contributed by atoms with Crippen molar-refractivity contribution in [1.29, 1.82) is 0 Å². The van der Waals surface area contributed by atoms with Crippen molar-refractivity contribution in [3.05, 3.63) is 17.0 Å². The molecule has 4 rings (SSSR count). The van der Waals surface area contributed by atoms with Gasteiger partial charge in [0.15, 0.2) is 0 Å². The van der Waals surface area contributed by atoms with Gasteiger partial charge in [-0.1, -0.05) is 0 Å². The molecule has 1 aromatic heterocycles. The highest BCUT2D eigenvalue weighted by atomic mass is 16.5. The number of nitrogens with zero attached hydrogens (tertiary/aromatic N) is 4. The van der Waals surface area contributed by atoms with E-state index in [4.69, 9.17) is 19.3 Å². The summed E-state index contributed by atoms with van der Waals surface area (Å²) in [5.74, 6) is 0.678. The number of carbonyl (C=O) groups excluding carboxylic acids is 1. The third-order valence-electron chi connectivity index (χ3n) is 8.64. The van der Waals surface area contributed by atoms with Crippen LogP contribution < -0.4 is 5.32 Å². The van der Waals surface area contributed by atoms with Gasteiger partial charge in [-0.2, -0.15) is 5.10 Å². The average Bonchev–Trinajstić information content (AvgIpc) is 3.47. The molecule has 0 spiro atoms. The van der Waals surface area contributed by atoms with Crippen molar-refractivity contribution in [2.75, 3.05) is 74.4 Å². The molecule has 9 heteroatoms. The van der Waals surface area contributed by atoms with Gasteiger partial charge in [0.2, 0.25) is 5.91 Å². The van der Waals surface area contributed by atoms with E-state index in [1.807, 2.05) is 7.05 Å². The van der Waals surface area contributed by atoms with Gasteiger partial charge in [0.1, 0.15) is 0 Å². The van der Waals surface area contributed by atoms with Gasteiger partial charge in [-0.15, -0.1) is 0 Å². The van der Waals surface area contributed by atoms with Crippen molar-refractivity contribution in [3.8, 4) is 0 Å². The molecular weight excluding hydrogens is 458 g/mol. The molecular formula is C27H47N5O4. The Morgan fingerprint density at radius 3 is 2.53 bits per heavy atom. The Morgan fingerprint density at radius 1 is 1.19 bits per heavy atom. The largest absolute Gasteiger partial charge is 0.384 e. The lowest BCUT2D eigenvalue weighted by molar-refractivity contribution is -0.142. The van der Waals surface area contributed by atoms with E-state index in [9.17, 15) is 4.79 Å². The first-order valence-corrected chi connectivity index (χ1v) is 13.6. The van der Waals surface area contributed by atoms with Gasteiger partial charge in [-0.05, 0) is 59.0 Å². The molecule has 36 heavy (non-hydrogen) atoms. The molecule has 1 atom stereocenters. The maximum Gasteiger partial charge on any atom is 0.231 e. The first kappa shape index (κ1) is 27.5. The normalized spacial score (nSPS) is 24.4. The van der Waals surface area contributed by atoms with Gasteiger partial charge in [0.25, 0.3) is 0 Å². The molecule has 1 aromatic rings. The smallest absolute Gasteiger partial charge is 0.231 e. The van der Waals surface area contributed by atoms with Crippen LogP contribution in [0.3, 0.4) is 0 Å². The first-order chi connectivity index (χ1) is 17.3. The minimum absolute atomic E-state index is 0.0933. The third kappa shape index (κ3) is 5.80. The van der Waals surface area contributed by atoms with E-state index in [1.54, 1.807) is 14.2 Å². The Hall–Kier alpha value is -1.52. The monoisotopic (exact) mass is 505 g/mol. The number of carbonyl (C=O) groups is 1. The molecule has 1 N–H and O–H groups in total. The zero-order valence-corrected chi connectivity index (χ0v) is 23.1. The fourth-order valence-electron chi connectivity index (χ4n) is 6.47. The molecule has 2 aliphatic heterocycles. The van der Waals surface area contributed by atoms with Crippen LogP contribution in [0.4, 0.5) is 0 Å². The van der Waals surface area contributed by atoms with E-state index in [-0.39, 0.29) is 11.3 Å². The number of hydrogen-bond donors (Lipinski definition) is 1. The topological polar surface area (TPSA) is 81.1 Å². The van der Waals surface area contributed by atoms with Gasteiger partial charge in [0, 0.05) is 58.0 Å². The Bertz CT molecular complexity index is 866. The molecule has 1 saturated heterocycles. The summed E-state index contributed by atoms with van der Waals surface area (Å²) >= 11 is 0. The zero-order valence-electron chi connectivity index (χ0n) is 23.1. The lowest BCUT2D eigenvalue weighted by Crippen LogP contribution is -2.46. The summed E-state index contributed by atoms with van der Waals surface area (Å²) in [4.78, 5) is 17.9. The number of likely N-dealkylation sites (N-methyl/N-ethyl adjacent to an activating group) is 2. The van der Waals surface area contributed by atoms with E-state index < -0.39 is 5.41 Å². The van der Waals surface area contributed by atoms with Gasteiger partial charge in [0.05, 0.1) is 49.7 Å². The van der Waals surface area contributed by atoms with Gasteiger partial charge in [-0.25, -0.2) is 0 Å². The molecule has 1 aliphatic carbocycles. The number of methoxy groups -OCH3 is 2. The fraction of sp³-hybridized carbons (Fsp3) is 0.852. The quantitative estimate of drug-likeness (QED) is 0.494. The Kier molecular flexibility index (Phi) is 9.09. The van der Waals surface area contributed by atoms with Crippen LogP contribution in [0.5, 0.6) is 0 Å². The van der Waals surface area contributed by atoms with E-state index in [0.717, 1.165) is 71.5 Å². The third-order valence-corrected chi connectivity index (χ3v) is 8.64. The van der Waals surface area contributed by atoms with Crippen LogP contribution in [0.2, 0.25) is 0 Å². The molecule has 0 radical (unpaired) electrons. The van der Waals surface area contributed by atoms with Crippen molar-refractivity contribution in [1.82, 2.24) is 24.9 Å². The second-order valence-electron chi connectivity index (χ2n) is 11.6. The first-order valence-electron chi connectivity index (χ1n) is 13.6. The van der Waals surface area contributed by atoms with Crippen LogP contribution in [0.15, 0.2) is 0 Å². The summed E-state index contributed by atoms with van der Waals surface area (Å²) in [6.45, 7) is 9.60. The van der Waals surface area contributed by atoms with Crippen molar-refractivity contribution in [3.63, 3.8) is 0 Å². The number of rotatable bonds is 11. The van der Waals surface area contributed by atoms with E-state index in [1.165, 1.54) is 17.0 Å². The summed E-state index contributed by atoms with van der Waals surface area (Å²) in [6.07, 6.45) is 5.16. The molecule has 0 aromatic carbocycles. The van der Waals surface area contributed by atoms with Crippen LogP contribution in [-0.2, 0) is 38.6 Å².